The number of carboxylic acid groups (broad SMARTS) is 1. The van der Waals surface area contributed by atoms with E-state index >= 15 is 0 Å². The summed E-state index contributed by atoms with van der Waals surface area (Å²) in [4.78, 5) is 37.7. The minimum Gasteiger partial charge on any atom is -0.479 e. The summed E-state index contributed by atoms with van der Waals surface area (Å²) in [6, 6.07) is 15.1. The molecule has 0 aliphatic heterocycles. The van der Waals surface area contributed by atoms with Gasteiger partial charge in [-0.3, -0.25) is 4.90 Å². The lowest BCUT2D eigenvalue weighted by molar-refractivity contribution is -0.166. The number of rotatable bonds is 8. The normalized spacial score (nSPS) is 14.3. The first-order valence-corrected chi connectivity index (χ1v) is 10.7. The fraction of sp³-hybridized carbons (Fsp3) is 0.400. The Balaban J connectivity index is 1.72. The van der Waals surface area contributed by atoms with E-state index in [-0.39, 0.29) is 18.4 Å². The van der Waals surface area contributed by atoms with E-state index in [1.165, 1.54) is 18.9 Å². The number of likely N-dealkylation sites (N-methyl/N-ethyl adjacent to an activating group) is 1. The second kappa shape index (κ2) is 9.85. The van der Waals surface area contributed by atoms with Gasteiger partial charge in [-0.15, -0.1) is 0 Å². The molecule has 7 nitrogen and oxygen atoms in total. The highest BCUT2D eigenvalue weighted by Gasteiger charge is 2.34. The molecule has 7 heteroatoms. The predicted molar refractivity (Wildman–Crippen MR) is 119 cm³/mol. The number of carboxylic acids is 1. The van der Waals surface area contributed by atoms with Gasteiger partial charge < -0.3 is 14.6 Å². The average Bonchev–Trinajstić information content (AvgIpc) is 3.08. The molecular formula is C25H29NO6. The Morgan fingerprint density at radius 3 is 2.00 bits per heavy atom. The van der Waals surface area contributed by atoms with Crippen LogP contribution < -0.4 is 0 Å². The van der Waals surface area contributed by atoms with Crippen molar-refractivity contribution >= 4 is 18.0 Å². The largest absolute Gasteiger partial charge is 0.479 e. The maximum absolute atomic E-state index is 12.9. The molecule has 0 aromatic heterocycles. The lowest BCUT2D eigenvalue weighted by Crippen LogP contribution is -2.46. The number of hydrogen-bond donors (Lipinski definition) is 1. The monoisotopic (exact) mass is 439 g/mol. The topological polar surface area (TPSA) is 93.1 Å². The van der Waals surface area contributed by atoms with E-state index in [1.54, 1.807) is 0 Å². The number of carbonyl (C=O) groups is 3. The van der Waals surface area contributed by atoms with Gasteiger partial charge in [0.1, 0.15) is 12.6 Å². The molecule has 0 spiro atoms. The molecule has 0 fully saturated rings. The van der Waals surface area contributed by atoms with Gasteiger partial charge in [0.25, 0.3) is 0 Å². The zero-order chi connectivity index (χ0) is 23.4. The van der Waals surface area contributed by atoms with Crippen LogP contribution in [0, 0.1) is 5.92 Å². The SMILES string of the molecule is CC(C)C[C@@H](C(=O)O[C@H](C)C(=O)O)N(C)C(=O)OCC1c2ccccc2-c2ccccc21. The summed E-state index contributed by atoms with van der Waals surface area (Å²) in [7, 11) is 1.47. The lowest BCUT2D eigenvalue weighted by atomic mass is 9.98. The van der Waals surface area contributed by atoms with Crippen LogP contribution in [0.5, 0.6) is 0 Å². The van der Waals surface area contributed by atoms with Crippen LogP contribution in [-0.4, -0.2) is 53.8 Å². The van der Waals surface area contributed by atoms with Gasteiger partial charge in [0.2, 0.25) is 0 Å². The van der Waals surface area contributed by atoms with Crippen LogP contribution in [0.25, 0.3) is 11.1 Å². The van der Waals surface area contributed by atoms with E-state index in [9.17, 15) is 14.4 Å². The van der Waals surface area contributed by atoms with Gasteiger partial charge in [-0.05, 0) is 41.5 Å². The van der Waals surface area contributed by atoms with Crippen molar-refractivity contribution in [1.29, 1.82) is 0 Å². The van der Waals surface area contributed by atoms with E-state index < -0.39 is 30.2 Å². The van der Waals surface area contributed by atoms with Gasteiger partial charge in [0, 0.05) is 13.0 Å². The number of carbonyl (C=O) groups excluding carboxylic acids is 2. The zero-order valence-electron chi connectivity index (χ0n) is 18.8. The molecule has 0 bridgehead atoms. The predicted octanol–water partition coefficient (Wildman–Crippen LogP) is 4.30. The summed E-state index contributed by atoms with van der Waals surface area (Å²) in [6.45, 7) is 5.23. The fourth-order valence-electron chi connectivity index (χ4n) is 3.99. The third-order valence-electron chi connectivity index (χ3n) is 5.70. The van der Waals surface area contributed by atoms with Crippen molar-refractivity contribution in [3.63, 3.8) is 0 Å². The van der Waals surface area contributed by atoms with Crippen molar-refractivity contribution in [1.82, 2.24) is 4.90 Å². The number of aliphatic carboxylic acids is 1. The molecule has 0 unspecified atom stereocenters. The molecule has 32 heavy (non-hydrogen) atoms. The van der Waals surface area contributed by atoms with Crippen molar-refractivity contribution in [2.75, 3.05) is 13.7 Å². The van der Waals surface area contributed by atoms with Crippen LogP contribution >= 0.6 is 0 Å². The fourth-order valence-corrected chi connectivity index (χ4v) is 3.99. The molecule has 0 heterocycles. The Labute approximate surface area is 187 Å². The Bertz CT molecular complexity index is 956. The third-order valence-corrected chi connectivity index (χ3v) is 5.70. The van der Waals surface area contributed by atoms with Crippen LogP contribution in [0.2, 0.25) is 0 Å². The number of esters is 1. The molecular weight excluding hydrogens is 410 g/mol. The molecule has 1 aliphatic rings. The molecule has 3 rings (SSSR count). The van der Waals surface area contributed by atoms with E-state index in [0.717, 1.165) is 22.3 Å². The summed E-state index contributed by atoms with van der Waals surface area (Å²) < 4.78 is 10.7. The molecule has 2 atom stereocenters. The minimum absolute atomic E-state index is 0.0801. The van der Waals surface area contributed by atoms with Crippen LogP contribution in [-0.2, 0) is 19.1 Å². The summed E-state index contributed by atoms with van der Waals surface area (Å²) in [6.07, 6.45) is -1.63. The number of benzene rings is 2. The van der Waals surface area contributed by atoms with E-state index in [2.05, 4.69) is 12.1 Å². The van der Waals surface area contributed by atoms with Gasteiger partial charge in [-0.2, -0.15) is 0 Å². The van der Waals surface area contributed by atoms with Gasteiger partial charge >= 0.3 is 18.0 Å². The maximum atomic E-state index is 12.9. The van der Waals surface area contributed by atoms with Crippen molar-refractivity contribution < 1.29 is 29.0 Å². The number of ether oxygens (including phenoxy) is 2. The minimum atomic E-state index is -1.30. The Morgan fingerprint density at radius 2 is 1.50 bits per heavy atom. The van der Waals surface area contributed by atoms with Crippen molar-refractivity contribution in [3.8, 4) is 11.1 Å². The standard InChI is InChI=1S/C25H29NO6/c1-15(2)13-22(24(29)32-16(3)23(27)28)26(4)25(30)31-14-21-19-11-7-5-9-17(19)18-10-6-8-12-20(18)21/h5-12,15-16,21-22H,13-14H2,1-4H3,(H,27,28)/t16-,22+/m1/s1. The summed E-state index contributed by atoms with van der Waals surface area (Å²) in [5, 5.41) is 9.03. The van der Waals surface area contributed by atoms with Crippen LogP contribution in [0.4, 0.5) is 4.79 Å². The number of nitrogens with zero attached hydrogens (tertiary/aromatic N) is 1. The van der Waals surface area contributed by atoms with E-state index in [1.807, 2.05) is 50.2 Å². The molecule has 1 aliphatic carbocycles. The van der Waals surface area contributed by atoms with Gasteiger partial charge in [0.05, 0.1) is 0 Å². The Kier molecular flexibility index (Phi) is 7.18. The maximum Gasteiger partial charge on any atom is 0.410 e. The third kappa shape index (κ3) is 4.93. The second-order valence-electron chi connectivity index (χ2n) is 8.48. The molecule has 170 valence electrons. The number of amides is 1. The number of hydrogen-bond acceptors (Lipinski definition) is 5. The van der Waals surface area contributed by atoms with Crippen molar-refractivity contribution in [3.05, 3.63) is 59.7 Å². The quantitative estimate of drug-likeness (QED) is 0.617. The summed E-state index contributed by atoms with van der Waals surface area (Å²) in [5.41, 5.74) is 4.44. The first-order valence-electron chi connectivity index (χ1n) is 10.7. The lowest BCUT2D eigenvalue weighted by Gasteiger charge is -2.28. The van der Waals surface area contributed by atoms with Gasteiger partial charge in [0.15, 0.2) is 6.10 Å². The van der Waals surface area contributed by atoms with E-state index in [0.29, 0.717) is 6.42 Å². The number of fused-ring (bicyclic) bond motifs is 3. The van der Waals surface area contributed by atoms with Gasteiger partial charge in [-0.1, -0.05) is 62.4 Å². The Morgan fingerprint density at radius 1 is 0.969 bits per heavy atom. The van der Waals surface area contributed by atoms with Crippen LogP contribution in [0.15, 0.2) is 48.5 Å². The summed E-state index contributed by atoms with van der Waals surface area (Å²) >= 11 is 0. The molecule has 2 aromatic rings. The average molecular weight is 440 g/mol. The highest BCUT2D eigenvalue weighted by molar-refractivity contribution is 5.84. The molecule has 0 saturated carbocycles. The second-order valence-corrected chi connectivity index (χ2v) is 8.48. The molecule has 2 aromatic carbocycles. The highest BCUT2D eigenvalue weighted by atomic mass is 16.6. The highest BCUT2D eigenvalue weighted by Crippen LogP contribution is 2.44. The van der Waals surface area contributed by atoms with Gasteiger partial charge in [-0.25, -0.2) is 14.4 Å². The van der Waals surface area contributed by atoms with Crippen LogP contribution in [0.3, 0.4) is 0 Å². The van der Waals surface area contributed by atoms with Crippen LogP contribution in [0.1, 0.15) is 44.2 Å². The first-order chi connectivity index (χ1) is 15.2. The smallest absolute Gasteiger partial charge is 0.410 e. The van der Waals surface area contributed by atoms with Crippen molar-refractivity contribution in [2.45, 2.75) is 45.3 Å². The zero-order valence-corrected chi connectivity index (χ0v) is 18.8. The summed E-state index contributed by atoms with van der Waals surface area (Å²) in [5.74, 6) is -2.02. The molecule has 0 radical (unpaired) electrons. The van der Waals surface area contributed by atoms with Crippen molar-refractivity contribution in [2.24, 2.45) is 5.92 Å². The van der Waals surface area contributed by atoms with E-state index in [4.69, 9.17) is 14.6 Å². The molecule has 0 saturated heterocycles. The molecule has 1 amide bonds. The molecule has 1 N–H and O–H groups in total. The Hall–Kier alpha value is -3.35. The first kappa shape index (κ1) is 23.3.